The fraction of sp³-hybridized carbons (Fsp3) is 0. The molecule has 64 heavy (non-hydrogen) atoms. The van der Waals surface area contributed by atoms with E-state index in [1.165, 1.54) is 76.7 Å². The summed E-state index contributed by atoms with van der Waals surface area (Å²) in [6, 6.07) is 92.6. The highest BCUT2D eigenvalue weighted by molar-refractivity contribution is 6.26. The zero-order chi connectivity index (χ0) is 42.4. The molecule has 0 radical (unpaired) electrons. The van der Waals surface area contributed by atoms with Gasteiger partial charge in [0, 0.05) is 33.4 Å². The van der Waals surface area contributed by atoms with E-state index in [9.17, 15) is 0 Å². The summed E-state index contributed by atoms with van der Waals surface area (Å²) in [7, 11) is 0. The zero-order valence-corrected chi connectivity index (χ0v) is 35.1. The number of para-hydroxylation sites is 2. The number of aromatic nitrogens is 1. The molecule has 2 nitrogen and oxygen atoms in total. The first-order valence-electron chi connectivity index (χ1n) is 22.0. The molecule has 1 heterocycles. The summed E-state index contributed by atoms with van der Waals surface area (Å²) >= 11 is 0. The molecule has 0 aliphatic rings. The van der Waals surface area contributed by atoms with Gasteiger partial charge in [0.2, 0.25) is 0 Å². The Morgan fingerprint density at radius 3 is 1.50 bits per heavy atom. The van der Waals surface area contributed by atoms with Crippen LogP contribution in [0.4, 0.5) is 17.1 Å². The monoisotopic (exact) mass is 814 g/mol. The first kappa shape index (κ1) is 37.3. The van der Waals surface area contributed by atoms with Gasteiger partial charge < -0.3 is 9.47 Å². The van der Waals surface area contributed by atoms with Gasteiger partial charge in [0.15, 0.2) is 0 Å². The van der Waals surface area contributed by atoms with Crippen LogP contribution in [0.15, 0.2) is 255 Å². The fourth-order valence-corrected chi connectivity index (χ4v) is 9.82. The normalized spacial score (nSPS) is 11.4. The van der Waals surface area contributed by atoms with Gasteiger partial charge in [0.05, 0.1) is 16.7 Å². The lowest BCUT2D eigenvalue weighted by Crippen LogP contribution is -2.10. The van der Waals surface area contributed by atoms with Crippen molar-refractivity contribution in [3.8, 4) is 50.2 Å². The number of nitrogens with zero attached hydrogens (tertiary/aromatic N) is 2. The summed E-state index contributed by atoms with van der Waals surface area (Å²) in [6.45, 7) is 0. The topological polar surface area (TPSA) is 8.17 Å². The van der Waals surface area contributed by atoms with Gasteiger partial charge in [-0.1, -0.05) is 200 Å². The number of hydrogen-bond acceptors (Lipinski definition) is 1. The third-order valence-corrected chi connectivity index (χ3v) is 12.8. The maximum Gasteiger partial charge on any atom is 0.0548 e. The second kappa shape index (κ2) is 15.8. The van der Waals surface area contributed by atoms with Gasteiger partial charge in [-0.05, 0) is 115 Å². The van der Waals surface area contributed by atoms with Crippen molar-refractivity contribution in [1.29, 1.82) is 0 Å². The van der Waals surface area contributed by atoms with Gasteiger partial charge in [-0.2, -0.15) is 0 Å². The third kappa shape index (κ3) is 6.44. The van der Waals surface area contributed by atoms with E-state index >= 15 is 0 Å². The second-order valence-corrected chi connectivity index (χ2v) is 16.5. The number of benzene rings is 11. The molecule has 1 aromatic heterocycles. The van der Waals surface area contributed by atoms with Crippen LogP contribution in [0.2, 0.25) is 0 Å². The van der Waals surface area contributed by atoms with Crippen LogP contribution >= 0.6 is 0 Å². The molecular formula is C62H42N2. The average molecular weight is 815 g/mol. The fourth-order valence-electron chi connectivity index (χ4n) is 9.82. The van der Waals surface area contributed by atoms with E-state index in [1.807, 2.05) is 0 Å². The smallest absolute Gasteiger partial charge is 0.0548 e. The number of hydrogen-bond donors (Lipinski definition) is 0. The molecule has 300 valence electrons. The average Bonchev–Trinajstić information content (AvgIpc) is 3.72. The predicted octanol–water partition coefficient (Wildman–Crippen LogP) is 17.2. The molecule has 0 N–H and O–H groups in total. The molecule has 0 fully saturated rings. The predicted molar refractivity (Wildman–Crippen MR) is 272 cm³/mol. The minimum atomic E-state index is 1.08. The van der Waals surface area contributed by atoms with Crippen molar-refractivity contribution in [2.75, 3.05) is 4.90 Å². The molecule has 0 amide bonds. The molecule has 0 spiro atoms. The van der Waals surface area contributed by atoms with E-state index in [0.717, 1.165) is 33.9 Å². The van der Waals surface area contributed by atoms with Gasteiger partial charge in [0.1, 0.15) is 0 Å². The summed E-state index contributed by atoms with van der Waals surface area (Å²) in [5.41, 5.74) is 16.4. The highest BCUT2D eigenvalue weighted by atomic mass is 15.1. The highest BCUT2D eigenvalue weighted by Gasteiger charge is 2.21. The minimum Gasteiger partial charge on any atom is -0.310 e. The molecule has 12 rings (SSSR count). The van der Waals surface area contributed by atoms with Crippen LogP contribution in [0.5, 0.6) is 0 Å². The lowest BCUT2D eigenvalue weighted by atomic mass is 9.91. The van der Waals surface area contributed by atoms with E-state index in [0.29, 0.717) is 0 Å². The number of anilines is 3. The second-order valence-electron chi connectivity index (χ2n) is 16.5. The van der Waals surface area contributed by atoms with Crippen LogP contribution in [-0.2, 0) is 0 Å². The Labute approximate surface area is 373 Å². The molecule has 12 aromatic rings. The van der Waals surface area contributed by atoms with Crippen molar-refractivity contribution in [3.63, 3.8) is 0 Å². The Kier molecular flexibility index (Phi) is 9.20. The van der Waals surface area contributed by atoms with E-state index in [4.69, 9.17) is 0 Å². The van der Waals surface area contributed by atoms with Crippen molar-refractivity contribution in [1.82, 2.24) is 4.57 Å². The number of rotatable bonds is 8. The van der Waals surface area contributed by atoms with E-state index < -0.39 is 0 Å². The Balaban J connectivity index is 1.03. The largest absolute Gasteiger partial charge is 0.310 e. The molecule has 0 saturated heterocycles. The van der Waals surface area contributed by atoms with Crippen LogP contribution in [0, 0.1) is 0 Å². The molecule has 0 unspecified atom stereocenters. The van der Waals surface area contributed by atoms with Crippen molar-refractivity contribution in [3.05, 3.63) is 255 Å². The lowest BCUT2D eigenvalue weighted by Gasteiger charge is -2.27. The SMILES string of the molecule is c1ccc(-c2ccc(N(c3ccc(-c4ccccc4)cc3)c3cccc(-c4ccccc4-n4c5ccccc5c5c6c(-c7cccc8ccccc78)cccc6ccc54)c3)cc2)cc1. The summed E-state index contributed by atoms with van der Waals surface area (Å²) in [5.74, 6) is 0. The molecule has 0 saturated carbocycles. The van der Waals surface area contributed by atoms with Crippen molar-refractivity contribution in [2.45, 2.75) is 0 Å². The van der Waals surface area contributed by atoms with Crippen LogP contribution in [-0.4, -0.2) is 4.57 Å². The van der Waals surface area contributed by atoms with Crippen LogP contribution in [0.25, 0.3) is 93.5 Å². The molecule has 0 atom stereocenters. The zero-order valence-electron chi connectivity index (χ0n) is 35.1. The van der Waals surface area contributed by atoms with Crippen molar-refractivity contribution >= 4 is 60.4 Å². The Hall–Kier alpha value is -8.46. The Morgan fingerprint density at radius 1 is 0.266 bits per heavy atom. The molecule has 0 aliphatic heterocycles. The Bertz CT molecular complexity index is 3550. The molecule has 2 heteroatoms. The highest BCUT2D eigenvalue weighted by Crippen LogP contribution is 2.45. The minimum absolute atomic E-state index is 1.08. The lowest BCUT2D eigenvalue weighted by molar-refractivity contribution is 1.18. The van der Waals surface area contributed by atoms with Crippen LogP contribution < -0.4 is 4.90 Å². The molecule has 11 aromatic carbocycles. The molecule has 0 aliphatic carbocycles. The maximum atomic E-state index is 2.48. The summed E-state index contributed by atoms with van der Waals surface area (Å²) < 4.78 is 2.48. The molecule has 0 bridgehead atoms. The van der Waals surface area contributed by atoms with E-state index in [-0.39, 0.29) is 0 Å². The van der Waals surface area contributed by atoms with Gasteiger partial charge >= 0.3 is 0 Å². The van der Waals surface area contributed by atoms with Crippen molar-refractivity contribution < 1.29 is 0 Å². The third-order valence-electron chi connectivity index (χ3n) is 12.8. The Morgan fingerprint density at radius 2 is 0.781 bits per heavy atom. The van der Waals surface area contributed by atoms with Gasteiger partial charge in [-0.3, -0.25) is 0 Å². The van der Waals surface area contributed by atoms with Gasteiger partial charge in [-0.25, -0.2) is 0 Å². The standard InChI is InChI=1S/C62H42N2/c1-3-16-43(17-4-1)45-32-37-50(38-33-45)63(51-39-34-46(35-40-51)44-18-5-2-6-19-44)52-24-13-23-49(42-52)54-26-9-11-30-58(54)64-59-31-12-10-27-57(59)62-60(64)41-36-48-22-15-29-56(61(48)62)55-28-14-21-47-20-7-8-25-53(47)55/h1-42H. The summed E-state index contributed by atoms with van der Waals surface area (Å²) in [4.78, 5) is 2.37. The van der Waals surface area contributed by atoms with E-state index in [2.05, 4.69) is 264 Å². The molecular weight excluding hydrogens is 773 g/mol. The first-order chi connectivity index (χ1) is 31.8. The number of fused-ring (bicyclic) bond motifs is 6. The van der Waals surface area contributed by atoms with Gasteiger partial charge in [-0.15, -0.1) is 0 Å². The summed E-state index contributed by atoms with van der Waals surface area (Å²) in [6.07, 6.45) is 0. The maximum absolute atomic E-state index is 2.48. The first-order valence-corrected chi connectivity index (χ1v) is 22.0. The van der Waals surface area contributed by atoms with Crippen LogP contribution in [0.1, 0.15) is 0 Å². The van der Waals surface area contributed by atoms with Crippen LogP contribution in [0.3, 0.4) is 0 Å². The van der Waals surface area contributed by atoms with E-state index in [1.54, 1.807) is 0 Å². The summed E-state index contributed by atoms with van der Waals surface area (Å²) in [5, 5.41) is 7.52. The quantitative estimate of drug-likeness (QED) is 0.148. The van der Waals surface area contributed by atoms with Crippen molar-refractivity contribution in [2.24, 2.45) is 0 Å². The van der Waals surface area contributed by atoms with Gasteiger partial charge in [0.25, 0.3) is 0 Å².